The summed E-state index contributed by atoms with van der Waals surface area (Å²) in [5, 5.41) is 3.12. The van der Waals surface area contributed by atoms with E-state index in [1.807, 2.05) is 6.92 Å². The molecule has 0 heterocycles. The van der Waals surface area contributed by atoms with Crippen molar-refractivity contribution >= 4 is 5.91 Å². The molecule has 1 rings (SSSR count). The quantitative estimate of drug-likeness (QED) is 0.803. The van der Waals surface area contributed by atoms with Gasteiger partial charge in [0.2, 0.25) is 5.91 Å². The molecule has 3 heteroatoms. The minimum Gasteiger partial charge on any atom is -0.349 e. The van der Waals surface area contributed by atoms with Crippen molar-refractivity contribution in [1.29, 1.82) is 0 Å². The van der Waals surface area contributed by atoms with Gasteiger partial charge >= 0.3 is 0 Å². The Labute approximate surface area is 122 Å². The highest BCUT2D eigenvalue weighted by atomic mass is 16.1. The van der Waals surface area contributed by atoms with Crippen LogP contribution in [-0.4, -0.2) is 11.9 Å². The van der Waals surface area contributed by atoms with E-state index in [9.17, 15) is 4.79 Å². The molecule has 0 aromatic heterocycles. The molecule has 0 bridgehead atoms. The van der Waals surface area contributed by atoms with Gasteiger partial charge in [0.05, 0.1) is 6.04 Å². The lowest BCUT2D eigenvalue weighted by atomic mass is 9.94. The van der Waals surface area contributed by atoms with Crippen molar-refractivity contribution in [2.75, 3.05) is 0 Å². The summed E-state index contributed by atoms with van der Waals surface area (Å²) in [5.41, 5.74) is 8.32. The third-order valence-corrected chi connectivity index (χ3v) is 3.70. The number of aryl methyl sites for hydroxylation is 1. The Hall–Kier alpha value is -1.35. The monoisotopic (exact) mass is 276 g/mol. The minimum absolute atomic E-state index is 0.0395. The molecule has 112 valence electrons. The molecule has 3 nitrogen and oxygen atoms in total. The van der Waals surface area contributed by atoms with Gasteiger partial charge in [0, 0.05) is 12.5 Å². The Balaban J connectivity index is 2.75. The van der Waals surface area contributed by atoms with Crippen LogP contribution in [0.1, 0.15) is 57.7 Å². The molecule has 20 heavy (non-hydrogen) atoms. The predicted molar refractivity (Wildman–Crippen MR) is 84.4 cm³/mol. The molecule has 2 unspecified atom stereocenters. The summed E-state index contributed by atoms with van der Waals surface area (Å²) in [7, 11) is 0. The average Bonchev–Trinajstić information content (AvgIpc) is 2.44. The number of hydrogen-bond acceptors (Lipinski definition) is 2. The maximum Gasteiger partial charge on any atom is 0.222 e. The van der Waals surface area contributed by atoms with E-state index >= 15 is 0 Å². The van der Waals surface area contributed by atoms with E-state index in [-0.39, 0.29) is 18.0 Å². The lowest BCUT2D eigenvalue weighted by Gasteiger charge is -2.24. The van der Waals surface area contributed by atoms with Crippen LogP contribution in [-0.2, 0) is 11.2 Å². The normalized spacial score (nSPS) is 14.1. The maximum absolute atomic E-state index is 12.0. The number of carbonyl (C=O) groups excluding carboxylic acids is 1. The van der Waals surface area contributed by atoms with E-state index in [2.05, 4.69) is 50.4 Å². The van der Waals surface area contributed by atoms with E-state index in [1.165, 1.54) is 5.56 Å². The van der Waals surface area contributed by atoms with Crippen LogP contribution in [0, 0.1) is 5.92 Å². The zero-order chi connectivity index (χ0) is 15.1. The fourth-order valence-corrected chi connectivity index (χ4v) is 2.21. The Bertz CT molecular complexity index is 412. The first-order chi connectivity index (χ1) is 9.47. The SMILES string of the molecule is CCc1ccc(C(NC(=O)CC(N)CC)C(C)C)cc1. The molecule has 0 aliphatic carbocycles. The Morgan fingerprint density at radius 2 is 1.80 bits per heavy atom. The molecule has 0 aliphatic rings. The Morgan fingerprint density at radius 1 is 1.20 bits per heavy atom. The smallest absolute Gasteiger partial charge is 0.222 e. The minimum atomic E-state index is -0.0507. The summed E-state index contributed by atoms with van der Waals surface area (Å²) in [6, 6.07) is 8.50. The predicted octanol–water partition coefficient (Wildman–Crippen LogP) is 3.19. The first kappa shape index (κ1) is 16.7. The van der Waals surface area contributed by atoms with Gasteiger partial charge in [-0.3, -0.25) is 4.79 Å². The fraction of sp³-hybridized carbons (Fsp3) is 0.588. The summed E-state index contributed by atoms with van der Waals surface area (Å²) in [5.74, 6) is 0.391. The molecule has 0 saturated carbocycles. The van der Waals surface area contributed by atoms with Crippen LogP contribution in [0.15, 0.2) is 24.3 Å². The number of nitrogens with two attached hydrogens (primary N) is 1. The molecule has 0 fully saturated rings. The first-order valence-corrected chi connectivity index (χ1v) is 7.61. The van der Waals surface area contributed by atoms with Crippen molar-refractivity contribution in [2.45, 2.75) is 59.0 Å². The average molecular weight is 276 g/mol. The molecule has 1 aromatic rings. The molecule has 1 aromatic carbocycles. The van der Waals surface area contributed by atoms with Crippen LogP contribution < -0.4 is 11.1 Å². The van der Waals surface area contributed by atoms with E-state index < -0.39 is 0 Å². The standard InChI is InChI=1S/C17H28N2O/c1-5-13-7-9-14(10-8-13)17(12(3)4)19-16(20)11-15(18)6-2/h7-10,12,15,17H,5-6,11,18H2,1-4H3,(H,19,20). The summed E-state index contributed by atoms with van der Waals surface area (Å²) in [4.78, 5) is 12.0. The maximum atomic E-state index is 12.0. The highest BCUT2D eigenvalue weighted by Crippen LogP contribution is 2.22. The molecule has 0 saturated heterocycles. The van der Waals surface area contributed by atoms with Crippen LogP contribution in [0.4, 0.5) is 0 Å². The number of amides is 1. The van der Waals surface area contributed by atoms with Gasteiger partial charge in [-0.1, -0.05) is 52.0 Å². The van der Waals surface area contributed by atoms with Crippen LogP contribution in [0.3, 0.4) is 0 Å². The van der Waals surface area contributed by atoms with Crippen LogP contribution in [0.25, 0.3) is 0 Å². The fourth-order valence-electron chi connectivity index (χ4n) is 2.21. The van der Waals surface area contributed by atoms with Crippen molar-refractivity contribution in [3.63, 3.8) is 0 Å². The molecule has 0 aliphatic heterocycles. The molecule has 0 radical (unpaired) electrons. The molecule has 3 N–H and O–H groups in total. The van der Waals surface area contributed by atoms with Crippen molar-refractivity contribution in [1.82, 2.24) is 5.32 Å². The highest BCUT2D eigenvalue weighted by Gasteiger charge is 2.19. The molecular weight excluding hydrogens is 248 g/mol. The second-order valence-electron chi connectivity index (χ2n) is 5.76. The van der Waals surface area contributed by atoms with Gasteiger partial charge in [0.15, 0.2) is 0 Å². The second kappa shape index (κ2) is 8.05. The summed E-state index contributed by atoms with van der Waals surface area (Å²) in [6.45, 7) is 8.39. The molecular formula is C17H28N2O. The Morgan fingerprint density at radius 3 is 2.25 bits per heavy atom. The van der Waals surface area contributed by atoms with E-state index in [0.29, 0.717) is 12.3 Å². The van der Waals surface area contributed by atoms with Crippen LogP contribution in [0.5, 0.6) is 0 Å². The highest BCUT2D eigenvalue weighted by molar-refractivity contribution is 5.77. The number of hydrogen-bond donors (Lipinski definition) is 2. The largest absolute Gasteiger partial charge is 0.349 e. The first-order valence-electron chi connectivity index (χ1n) is 7.61. The molecule has 2 atom stereocenters. The zero-order valence-electron chi connectivity index (χ0n) is 13.1. The number of benzene rings is 1. The third kappa shape index (κ3) is 4.97. The van der Waals surface area contributed by atoms with Crippen molar-refractivity contribution < 1.29 is 4.79 Å². The summed E-state index contributed by atoms with van der Waals surface area (Å²) in [6.07, 6.45) is 2.25. The third-order valence-electron chi connectivity index (χ3n) is 3.70. The lowest BCUT2D eigenvalue weighted by Crippen LogP contribution is -2.35. The van der Waals surface area contributed by atoms with Gasteiger partial charge in [-0.25, -0.2) is 0 Å². The van der Waals surface area contributed by atoms with Gasteiger partial charge in [0.1, 0.15) is 0 Å². The molecule has 0 spiro atoms. The topological polar surface area (TPSA) is 55.1 Å². The van der Waals surface area contributed by atoms with Gasteiger partial charge in [-0.2, -0.15) is 0 Å². The van der Waals surface area contributed by atoms with E-state index in [1.54, 1.807) is 0 Å². The van der Waals surface area contributed by atoms with Gasteiger partial charge in [-0.05, 0) is 29.9 Å². The number of nitrogens with one attached hydrogen (secondary N) is 1. The second-order valence-corrected chi connectivity index (χ2v) is 5.76. The van der Waals surface area contributed by atoms with Crippen molar-refractivity contribution in [2.24, 2.45) is 11.7 Å². The summed E-state index contributed by atoms with van der Waals surface area (Å²) >= 11 is 0. The van der Waals surface area contributed by atoms with E-state index in [0.717, 1.165) is 18.4 Å². The van der Waals surface area contributed by atoms with Crippen molar-refractivity contribution in [3.05, 3.63) is 35.4 Å². The Kier molecular flexibility index (Phi) is 6.73. The van der Waals surface area contributed by atoms with E-state index in [4.69, 9.17) is 5.73 Å². The summed E-state index contributed by atoms with van der Waals surface area (Å²) < 4.78 is 0. The lowest BCUT2D eigenvalue weighted by molar-refractivity contribution is -0.122. The molecule has 1 amide bonds. The van der Waals surface area contributed by atoms with Gasteiger partial charge in [0.25, 0.3) is 0 Å². The van der Waals surface area contributed by atoms with Gasteiger partial charge in [-0.15, -0.1) is 0 Å². The van der Waals surface area contributed by atoms with Crippen LogP contribution in [0.2, 0.25) is 0 Å². The zero-order valence-corrected chi connectivity index (χ0v) is 13.1. The number of rotatable bonds is 7. The van der Waals surface area contributed by atoms with Crippen molar-refractivity contribution in [3.8, 4) is 0 Å². The van der Waals surface area contributed by atoms with Gasteiger partial charge < -0.3 is 11.1 Å². The number of carbonyl (C=O) groups is 1. The van der Waals surface area contributed by atoms with Crippen LogP contribution >= 0.6 is 0 Å².